The molecule has 0 radical (unpaired) electrons. The molecule has 2 aromatic heterocycles. The second-order valence-corrected chi connectivity index (χ2v) is 8.30. The molecule has 0 spiro atoms. The number of hydrogen-bond donors (Lipinski definition) is 1. The monoisotopic (exact) mass is 441 g/mol. The third-order valence-electron chi connectivity index (χ3n) is 5.37. The van der Waals surface area contributed by atoms with Crippen LogP contribution in [0.15, 0.2) is 30.6 Å². The molecule has 0 saturated carbocycles. The fourth-order valence-electron chi connectivity index (χ4n) is 3.94. The molecule has 10 heteroatoms. The van der Waals surface area contributed by atoms with Crippen molar-refractivity contribution in [2.24, 2.45) is 11.8 Å². The molecule has 29 heavy (non-hydrogen) atoms. The lowest BCUT2D eigenvalue weighted by atomic mass is 10.0. The van der Waals surface area contributed by atoms with Crippen molar-refractivity contribution >= 4 is 40.6 Å². The Morgan fingerprint density at radius 2 is 1.86 bits per heavy atom. The summed E-state index contributed by atoms with van der Waals surface area (Å²) in [6.45, 7) is 4.91. The van der Waals surface area contributed by atoms with E-state index in [2.05, 4.69) is 20.2 Å². The van der Waals surface area contributed by atoms with E-state index in [9.17, 15) is 13.2 Å². The van der Waals surface area contributed by atoms with E-state index in [1.807, 2.05) is 24.0 Å². The lowest BCUT2D eigenvalue weighted by Gasteiger charge is -2.25. The van der Waals surface area contributed by atoms with Gasteiger partial charge in [0.1, 0.15) is 11.6 Å². The van der Waals surface area contributed by atoms with Crippen molar-refractivity contribution in [1.29, 1.82) is 0 Å². The molecule has 2 aromatic rings. The first kappa shape index (κ1) is 20.2. The number of anilines is 2. The van der Waals surface area contributed by atoms with Crippen molar-refractivity contribution in [2.45, 2.75) is 13.1 Å². The molecule has 0 bridgehead atoms. The predicted octanol–water partition coefficient (Wildman–Crippen LogP) is 4.22. The fraction of sp³-hybridized carbons (Fsp3) is 0.421. The summed E-state index contributed by atoms with van der Waals surface area (Å²) in [5.41, 5.74) is 0.262. The molecule has 2 unspecified atom stereocenters. The average molecular weight is 442 g/mol. The molecule has 1 N–H and O–H groups in total. The van der Waals surface area contributed by atoms with Crippen LogP contribution in [0.2, 0.25) is 5.02 Å². The zero-order valence-corrected chi connectivity index (χ0v) is 17.2. The summed E-state index contributed by atoms with van der Waals surface area (Å²) in [7, 11) is 0. The highest BCUT2D eigenvalue weighted by Gasteiger charge is 2.42. The largest absolute Gasteiger partial charge is 0.417 e. The van der Waals surface area contributed by atoms with Gasteiger partial charge < -0.3 is 15.1 Å². The van der Waals surface area contributed by atoms with Crippen molar-refractivity contribution in [3.05, 3.63) is 46.7 Å². The third kappa shape index (κ3) is 4.25. The van der Waals surface area contributed by atoms with E-state index in [0.717, 1.165) is 36.7 Å². The number of pyridine rings is 2. The zero-order chi connectivity index (χ0) is 20.8. The van der Waals surface area contributed by atoms with Gasteiger partial charge in [-0.2, -0.15) is 13.2 Å². The van der Waals surface area contributed by atoms with E-state index in [0.29, 0.717) is 35.9 Å². The first-order valence-electron chi connectivity index (χ1n) is 9.17. The maximum atomic E-state index is 12.8. The number of aryl methyl sites for hydroxylation is 1. The SMILES string of the molecule is Cc1ccnc(NC(=S)N2CC3CN(c4ncc(C(F)(F)F)cc4Cl)CC3C2)c1. The highest BCUT2D eigenvalue weighted by Crippen LogP contribution is 2.38. The maximum absolute atomic E-state index is 12.8. The van der Waals surface area contributed by atoms with Gasteiger partial charge in [-0.3, -0.25) is 0 Å². The number of rotatable bonds is 2. The van der Waals surface area contributed by atoms with E-state index in [4.69, 9.17) is 23.8 Å². The lowest BCUT2D eigenvalue weighted by Crippen LogP contribution is -2.36. The Morgan fingerprint density at radius 1 is 1.17 bits per heavy atom. The quantitative estimate of drug-likeness (QED) is 0.704. The van der Waals surface area contributed by atoms with Crippen LogP contribution in [-0.4, -0.2) is 46.2 Å². The molecule has 5 nitrogen and oxygen atoms in total. The van der Waals surface area contributed by atoms with Crippen LogP contribution in [0.5, 0.6) is 0 Å². The number of halogens is 4. The van der Waals surface area contributed by atoms with Crippen LogP contribution in [0.1, 0.15) is 11.1 Å². The normalized spacial score (nSPS) is 21.4. The van der Waals surface area contributed by atoms with Gasteiger partial charge in [-0.15, -0.1) is 0 Å². The smallest absolute Gasteiger partial charge is 0.355 e. The van der Waals surface area contributed by atoms with Crippen molar-refractivity contribution in [3.8, 4) is 0 Å². The number of hydrogen-bond acceptors (Lipinski definition) is 4. The van der Waals surface area contributed by atoms with Crippen molar-refractivity contribution in [3.63, 3.8) is 0 Å². The van der Waals surface area contributed by atoms with Gasteiger partial charge in [-0.1, -0.05) is 11.6 Å². The summed E-state index contributed by atoms with van der Waals surface area (Å²) in [6, 6.07) is 4.80. The molecular weight excluding hydrogens is 423 g/mol. The Morgan fingerprint density at radius 3 is 2.45 bits per heavy atom. The number of thiocarbonyl (C=S) groups is 1. The molecule has 2 fully saturated rings. The van der Waals surface area contributed by atoms with Gasteiger partial charge in [-0.05, 0) is 42.9 Å². The van der Waals surface area contributed by atoms with Crippen LogP contribution in [0.25, 0.3) is 0 Å². The summed E-state index contributed by atoms with van der Waals surface area (Å²) >= 11 is 11.6. The topological polar surface area (TPSA) is 44.3 Å². The number of alkyl halides is 3. The Balaban J connectivity index is 1.38. The molecule has 4 heterocycles. The minimum absolute atomic E-state index is 0.0272. The van der Waals surface area contributed by atoms with Crippen molar-refractivity contribution in [1.82, 2.24) is 14.9 Å². The second-order valence-electron chi connectivity index (χ2n) is 7.51. The van der Waals surface area contributed by atoms with Gasteiger partial charge >= 0.3 is 6.18 Å². The number of nitrogens with one attached hydrogen (secondary N) is 1. The summed E-state index contributed by atoms with van der Waals surface area (Å²) in [5.74, 6) is 1.82. The molecule has 2 saturated heterocycles. The van der Waals surface area contributed by atoms with Gasteiger partial charge in [0.05, 0.1) is 10.6 Å². The molecule has 4 rings (SSSR count). The van der Waals surface area contributed by atoms with Gasteiger partial charge in [0.15, 0.2) is 5.11 Å². The molecular formula is C19H19ClF3N5S. The number of fused-ring (bicyclic) bond motifs is 1. The van der Waals surface area contributed by atoms with Crippen molar-refractivity contribution < 1.29 is 13.2 Å². The summed E-state index contributed by atoms with van der Waals surface area (Å²) in [5, 5.41) is 3.84. The van der Waals surface area contributed by atoms with Crippen LogP contribution in [0, 0.1) is 18.8 Å². The number of likely N-dealkylation sites (tertiary alicyclic amines) is 1. The van der Waals surface area contributed by atoms with E-state index in [-0.39, 0.29) is 5.02 Å². The van der Waals surface area contributed by atoms with Crippen LogP contribution in [0.4, 0.5) is 24.8 Å². The Hall–Kier alpha value is -2.13. The maximum Gasteiger partial charge on any atom is 0.417 e. The lowest BCUT2D eigenvalue weighted by molar-refractivity contribution is -0.137. The second kappa shape index (κ2) is 7.60. The summed E-state index contributed by atoms with van der Waals surface area (Å²) < 4.78 is 38.5. The molecule has 0 amide bonds. The van der Waals surface area contributed by atoms with E-state index >= 15 is 0 Å². The summed E-state index contributed by atoms with van der Waals surface area (Å²) in [6.07, 6.45) is -1.88. The Bertz CT molecular complexity index is 924. The molecule has 2 aliphatic heterocycles. The predicted molar refractivity (Wildman–Crippen MR) is 110 cm³/mol. The minimum atomic E-state index is -4.45. The fourth-order valence-corrected chi connectivity index (χ4v) is 4.48. The van der Waals surface area contributed by atoms with E-state index < -0.39 is 11.7 Å². The van der Waals surface area contributed by atoms with Crippen LogP contribution >= 0.6 is 23.8 Å². The van der Waals surface area contributed by atoms with Gasteiger partial charge in [0.2, 0.25) is 0 Å². The highest BCUT2D eigenvalue weighted by molar-refractivity contribution is 7.80. The minimum Gasteiger partial charge on any atom is -0.355 e. The van der Waals surface area contributed by atoms with Crippen molar-refractivity contribution in [2.75, 3.05) is 36.4 Å². The van der Waals surface area contributed by atoms with Crippen LogP contribution in [0.3, 0.4) is 0 Å². The van der Waals surface area contributed by atoms with E-state index in [1.54, 1.807) is 6.20 Å². The molecule has 0 aromatic carbocycles. The van der Waals surface area contributed by atoms with Gasteiger partial charge in [0, 0.05) is 50.4 Å². The van der Waals surface area contributed by atoms with E-state index in [1.165, 1.54) is 0 Å². The Labute approximate surface area is 176 Å². The first-order chi connectivity index (χ1) is 13.7. The third-order valence-corrected chi connectivity index (χ3v) is 6.01. The molecule has 2 aliphatic rings. The standard InChI is InChI=1S/C19H19ClF3N5S/c1-11-2-3-24-16(4-11)26-18(29)28-9-12-7-27(8-13(12)10-28)17-15(20)5-14(6-25-17)19(21,22)23/h2-6,12-13H,7-10H2,1H3,(H,24,26,29). The number of aromatic nitrogens is 2. The number of nitrogens with zero attached hydrogens (tertiary/aromatic N) is 4. The Kier molecular flexibility index (Phi) is 5.29. The average Bonchev–Trinajstić information content (AvgIpc) is 3.20. The van der Waals surface area contributed by atoms with Gasteiger partial charge in [0.25, 0.3) is 0 Å². The molecule has 2 atom stereocenters. The molecule has 0 aliphatic carbocycles. The molecule has 154 valence electrons. The van der Waals surface area contributed by atoms with Crippen LogP contribution < -0.4 is 10.2 Å². The van der Waals surface area contributed by atoms with Crippen LogP contribution in [-0.2, 0) is 6.18 Å². The first-order valence-corrected chi connectivity index (χ1v) is 9.95. The van der Waals surface area contributed by atoms with Gasteiger partial charge in [-0.25, -0.2) is 9.97 Å². The summed E-state index contributed by atoms with van der Waals surface area (Å²) in [4.78, 5) is 12.3. The zero-order valence-electron chi connectivity index (χ0n) is 15.6. The highest BCUT2D eigenvalue weighted by atomic mass is 35.5.